The first-order valence-corrected chi connectivity index (χ1v) is 9.75. The van der Waals surface area contributed by atoms with Gasteiger partial charge in [0.25, 0.3) is 5.91 Å². The molecule has 0 radical (unpaired) electrons. The average Bonchev–Trinajstić information content (AvgIpc) is 2.76. The summed E-state index contributed by atoms with van der Waals surface area (Å²) in [5, 5.41) is 2.47. The number of piperidine rings is 1. The highest BCUT2D eigenvalue weighted by Gasteiger charge is 2.28. The van der Waals surface area contributed by atoms with Gasteiger partial charge in [-0.2, -0.15) is 0 Å². The highest BCUT2D eigenvalue weighted by Crippen LogP contribution is 2.19. The fraction of sp³-hybridized carbons (Fsp3) is 0.261. The van der Waals surface area contributed by atoms with Gasteiger partial charge in [-0.3, -0.25) is 14.4 Å². The predicted octanol–water partition coefficient (Wildman–Crippen LogP) is 3.26. The van der Waals surface area contributed by atoms with Crippen LogP contribution in [0.4, 0.5) is 10.1 Å². The molecular formula is C23H23FN2O4. The molecule has 1 fully saturated rings. The number of halogens is 1. The Morgan fingerprint density at radius 1 is 1.07 bits per heavy atom. The Bertz CT molecular complexity index is 922. The molecule has 0 aliphatic carbocycles. The minimum Gasteiger partial charge on any atom is -0.455 e. The van der Waals surface area contributed by atoms with Crippen molar-refractivity contribution in [3.05, 3.63) is 72.1 Å². The third kappa shape index (κ3) is 6.27. The van der Waals surface area contributed by atoms with Gasteiger partial charge in [-0.05, 0) is 42.7 Å². The summed E-state index contributed by atoms with van der Waals surface area (Å²) < 4.78 is 18.2. The average molecular weight is 410 g/mol. The van der Waals surface area contributed by atoms with Crippen molar-refractivity contribution in [2.45, 2.75) is 12.8 Å². The molecule has 0 saturated carbocycles. The molecule has 0 bridgehead atoms. The van der Waals surface area contributed by atoms with Crippen LogP contribution in [-0.4, -0.2) is 42.4 Å². The minimum absolute atomic E-state index is 0.0971. The summed E-state index contributed by atoms with van der Waals surface area (Å²) in [4.78, 5) is 38.1. The predicted molar refractivity (Wildman–Crippen MR) is 111 cm³/mol. The van der Waals surface area contributed by atoms with Crippen molar-refractivity contribution in [1.29, 1.82) is 0 Å². The van der Waals surface area contributed by atoms with Gasteiger partial charge in [0, 0.05) is 24.9 Å². The quantitative estimate of drug-likeness (QED) is 0.586. The van der Waals surface area contributed by atoms with Crippen LogP contribution in [0.1, 0.15) is 18.4 Å². The second-order valence-electron chi connectivity index (χ2n) is 7.01. The van der Waals surface area contributed by atoms with Gasteiger partial charge < -0.3 is 15.0 Å². The van der Waals surface area contributed by atoms with Crippen LogP contribution < -0.4 is 5.32 Å². The molecule has 30 heavy (non-hydrogen) atoms. The number of hydrogen-bond donors (Lipinski definition) is 1. The SMILES string of the molecule is O=C(COC(=O)C1CCN(C(=O)/C=C/c2ccccc2)CC1)Nc1cccc(F)c1. The van der Waals surface area contributed by atoms with E-state index in [0.29, 0.717) is 31.6 Å². The van der Waals surface area contributed by atoms with Crippen LogP contribution in [0.5, 0.6) is 0 Å². The molecule has 1 aliphatic rings. The van der Waals surface area contributed by atoms with Gasteiger partial charge in [-0.25, -0.2) is 4.39 Å². The van der Waals surface area contributed by atoms with Gasteiger partial charge in [0.2, 0.25) is 5.91 Å². The van der Waals surface area contributed by atoms with Crippen LogP contribution >= 0.6 is 0 Å². The number of carbonyl (C=O) groups excluding carboxylic acids is 3. The first-order valence-electron chi connectivity index (χ1n) is 9.75. The normalized spacial score (nSPS) is 14.5. The topological polar surface area (TPSA) is 75.7 Å². The maximum absolute atomic E-state index is 13.1. The molecule has 7 heteroatoms. The van der Waals surface area contributed by atoms with E-state index in [0.717, 1.165) is 5.56 Å². The minimum atomic E-state index is -0.535. The molecule has 156 valence electrons. The summed E-state index contributed by atoms with van der Waals surface area (Å²) in [7, 11) is 0. The lowest BCUT2D eigenvalue weighted by atomic mass is 9.97. The Morgan fingerprint density at radius 2 is 1.80 bits per heavy atom. The Balaban J connectivity index is 1.40. The molecule has 1 heterocycles. The van der Waals surface area contributed by atoms with Crippen LogP contribution in [0.2, 0.25) is 0 Å². The van der Waals surface area contributed by atoms with E-state index in [4.69, 9.17) is 4.74 Å². The molecule has 3 rings (SSSR count). The van der Waals surface area contributed by atoms with E-state index >= 15 is 0 Å². The van der Waals surface area contributed by atoms with Gasteiger partial charge in [0.15, 0.2) is 6.61 Å². The number of benzene rings is 2. The van der Waals surface area contributed by atoms with Crippen LogP contribution in [0.25, 0.3) is 6.08 Å². The Labute approximate surface area is 174 Å². The molecule has 0 atom stereocenters. The monoisotopic (exact) mass is 410 g/mol. The van der Waals surface area contributed by atoms with Gasteiger partial charge >= 0.3 is 5.97 Å². The molecule has 2 aromatic rings. The molecular weight excluding hydrogens is 387 g/mol. The van der Waals surface area contributed by atoms with Gasteiger partial charge in [0.1, 0.15) is 5.82 Å². The lowest BCUT2D eigenvalue weighted by molar-refractivity contribution is -0.153. The third-order valence-electron chi connectivity index (χ3n) is 4.81. The van der Waals surface area contributed by atoms with Crippen LogP contribution in [0.15, 0.2) is 60.7 Å². The third-order valence-corrected chi connectivity index (χ3v) is 4.81. The number of hydrogen-bond acceptors (Lipinski definition) is 4. The van der Waals surface area contributed by atoms with E-state index < -0.39 is 24.3 Å². The van der Waals surface area contributed by atoms with Crippen molar-refractivity contribution in [2.24, 2.45) is 5.92 Å². The van der Waals surface area contributed by atoms with E-state index in [1.165, 1.54) is 24.3 Å². The van der Waals surface area contributed by atoms with Gasteiger partial charge in [-0.1, -0.05) is 36.4 Å². The van der Waals surface area contributed by atoms with Crippen LogP contribution in [0.3, 0.4) is 0 Å². The number of anilines is 1. The fourth-order valence-corrected chi connectivity index (χ4v) is 3.19. The van der Waals surface area contributed by atoms with Crippen molar-refractivity contribution in [3.8, 4) is 0 Å². The number of rotatable bonds is 6. The number of nitrogens with zero attached hydrogens (tertiary/aromatic N) is 1. The van der Waals surface area contributed by atoms with Crippen LogP contribution in [0, 0.1) is 11.7 Å². The maximum Gasteiger partial charge on any atom is 0.309 e. The Hall–Kier alpha value is -3.48. The van der Waals surface area contributed by atoms with E-state index in [1.807, 2.05) is 30.3 Å². The lowest BCUT2D eigenvalue weighted by Crippen LogP contribution is -2.40. The summed E-state index contributed by atoms with van der Waals surface area (Å²) in [5.41, 5.74) is 1.24. The van der Waals surface area contributed by atoms with Crippen LogP contribution in [-0.2, 0) is 19.1 Å². The molecule has 0 unspecified atom stereocenters. The summed E-state index contributed by atoms with van der Waals surface area (Å²) in [6.07, 6.45) is 4.26. The van der Waals surface area contributed by atoms with E-state index in [1.54, 1.807) is 17.0 Å². The second kappa shape index (κ2) is 10.3. The van der Waals surface area contributed by atoms with Crippen molar-refractivity contribution in [2.75, 3.05) is 25.0 Å². The molecule has 0 spiro atoms. The number of ether oxygens (including phenoxy) is 1. The molecule has 0 aromatic heterocycles. The van der Waals surface area contributed by atoms with Crippen molar-refractivity contribution < 1.29 is 23.5 Å². The fourth-order valence-electron chi connectivity index (χ4n) is 3.19. The molecule has 6 nitrogen and oxygen atoms in total. The lowest BCUT2D eigenvalue weighted by Gasteiger charge is -2.30. The number of carbonyl (C=O) groups is 3. The second-order valence-corrected chi connectivity index (χ2v) is 7.01. The summed E-state index contributed by atoms with van der Waals surface area (Å²) in [6.45, 7) is 0.467. The Morgan fingerprint density at radius 3 is 2.50 bits per heavy atom. The summed E-state index contributed by atoms with van der Waals surface area (Å²) in [6, 6.07) is 15.0. The van der Waals surface area contributed by atoms with E-state index in [2.05, 4.69) is 5.32 Å². The molecule has 1 saturated heterocycles. The van der Waals surface area contributed by atoms with Crippen molar-refractivity contribution in [3.63, 3.8) is 0 Å². The highest BCUT2D eigenvalue weighted by molar-refractivity contribution is 5.93. The summed E-state index contributed by atoms with van der Waals surface area (Å²) in [5.74, 6) is -1.91. The summed E-state index contributed by atoms with van der Waals surface area (Å²) >= 11 is 0. The van der Waals surface area contributed by atoms with E-state index in [9.17, 15) is 18.8 Å². The maximum atomic E-state index is 13.1. The largest absolute Gasteiger partial charge is 0.455 e. The zero-order valence-corrected chi connectivity index (χ0v) is 16.4. The van der Waals surface area contributed by atoms with Crippen molar-refractivity contribution in [1.82, 2.24) is 4.90 Å². The smallest absolute Gasteiger partial charge is 0.309 e. The highest BCUT2D eigenvalue weighted by atomic mass is 19.1. The van der Waals surface area contributed by atoms with E-state index in [-0.39, 0.29) is 11.8 Å². The zero-order chi connectivity index (χ0) is 21.3. The standard InChI is InChI=1S/C23H23FN2O4/c24-19-7-4-8-20(15-19)25-21(27)16-30-23(29)18-11-13-26(14-12-18)22(28)10-9-17-5-2-1-3-6-17/h1-10,15,18H,11-14,16H2,(H,25,27)/b10-9+. The first-order chi connectivity index (χ1) is 14.5. The van der Waals surface area contributed by atoms with Gasteiger partial charge in [0.05, 0.1) is 5.92 Å². The number of likely N-dealkylation sites (tertiary alicyclic amines) is 1. The van der Waals surface area contributed by atoms with Gasteiger partial charge in [-0.15, -0.1) is 0 Å². The molecule has 1 N–H and O–H groups in total. The molecule has 1 aliphatic heterocycles. The molecule has 2 amide bonds. The number of nitrogens with one attached hydrogen (secondary N) is 1. The number of amides is 2. The first kappa shape index (κ1) is 21.2. The molecule has 2 aromatic carbocycles. The van der Waals surface area contributed by atoms with Crippen molar-refractivity contribution >= 4 is 29.5 Å². The zero-order valence-electron chi connectivity index (χ0n) is 16.4. The Kier molecular flexibility index (Phi) is 7.32. The number of esters is 1.